The van der Waals surface area contributed by atoms with Gasteiger partial charge in [0.05, 0.1) is 0 Å². The fourth-order valence-corrected chi connectivity index (χ4v) is 3.72. The van der Waals surface area contributed by atoms with Crippen molar-refractivity contribution >= 4 is 6.03 Å². The van der Waals surface area contributed by atoms with Crippen molar-refractivity contribution in [1.82, 2.24) is 10.2 Å². The molecule has 2 aromatic rings. The third kappa shape index (κ3) is 5.03. The molecule has 0 radical (unpaired) electrons. The highest BCUT2D eigenvalue weighted by atomic mass is 16.5. The van der Waals surface area contributed by atoms with E-state index in [0.29, 0.717) is 5.92 Å². The van der Waals surface area contributed by atoms with E-state index in [1.54, 1.807) is 0 Å². The van der Waals surface area contributed by atoms with Crippen LogP contribution in [0, 0.1) is 26.7 Å². The second kappa shape index (κ2) is 8.94. The fourth-order valence-electron chi connectivity index (χ4n) is 3.72. The molecule has 0 atom stereocenters. The lowest BCUT2D eigenvalue weighted by molar-refractivity contribution is 0.160. The molecule has 0 saturated carbocycles. The molecule has 2 aromatic carbocycles. The summed E-state index contributed by atoms with van der Waals surface area (Å²) in [6.07, 6.45) is 3.21. The molecule has 0 spiro atoms. The first kappa shape index (κ1) is 19.3. The van der Waals surface area contributed by atoms with Gasteiger partial charge in [-0.15, -0.1) is 0 Å². The van der Waals surface area contributed by atoms with Gasteiger partial charge in [-0.3, -0.25) is 0 Å². The number of ether oxygens (including phenoxy) is 1. The third-order valence-electron chi connectivity index (χ3n) is 5.58. The second-order valence-corrected chi connectivity index (χ2v) is 7.54. The van der Waals surface area contributed by atoms with E-state index in [0.717, 1.165) is 49.2 Å². The molecule has 1 saturated heterocycles. The molecular formula is C23H30N2O2. The van der Waals surface area contributed by atoms with Gasteiger partial charge < -0.3 is 15.0 Å². The quantitative estimate of drug-likeness (QED) is 0.785. The summed E-state index contributed by atoms with van der Waals surface area (Å²) in [5.41, 5.74) is 4.81. The number of rotatable bonds is 5. The lowest BCUT2D eigenvalue weighted by Crippen LogP contribution is -2.45. The van der Waals surface area contributed by atoms with Crippen molar-refractivity contribution in [1.29, 1.82) is 0 Å². The molecule has 1 fully saturated rings. The van der Waals surface area contributed by atoms with E-state index >= 15 is 0 Å². The van der Waals surface area contributed by atoms with Gasteiger partial charge in [-0.05, 0) is 68.2 Å². The minimum absolute atomic E-state index is 0.0314. The molecule has 0 bridgehead atoms. The van der Waals surface area contributed by atoms with Crippen molar-refractivity contribution in [2.24, 2.45) is 5.92 Å². The SMILES string of the molecule is Cc1ccc(C)c(OCNC(=O)N2CCC(Cc3ccccc3)CC2)c1C. The number of hydrogen-bond donors (Lipinski definition) is 1. The number of carbonyl (C=O) groups is 1. The first-order valence-corrected chi connectivity index (χ1v) is 9.81. The predicted octanol–water partition coefficient (Wildman–Crippen LogP) is 4.61. The molecule has 144 valence electrons. The van der Waals surface area contributed by atoms with Gasteiger partial charge in [0.15, 0.2) is 6.73 Å². The summed E-state index contributed by atoms with van der Waals surface area (Å²) in [7, 11) is 0. The highest BCUT2D eigenvalue weighted by Gasteiger charge is 2.22. The predicted molar refractivity (Wildman–Crippen MR) is 109 cm³/mol. The summed E-state index contributed by atoms with van der Waals surface area (Å²) in [5, 5.41) is 2.90. The lowest BCUT2D eigenvalue weighted by Gasteiger charge is -2.32. The minimum atomic E-state index is -0.0314. The van der Waals surface area contributed by atoms with Crippen LogP contribution >= 0.6 is 0 Å². The zero-order valence-electron chi connectivity index (χ0n) is 16.6. The van der Waals surface area contributed by atoms with Crippen LogP contribution in [0.5, 0.6) is 5.75 Å². The number of benzene rings is 2. The van der Waals surface area contributed by atoms with Crippen LogP contribution in [0.4, 0.5) is 4.79 Å². The first-order valence-electron chi connectivity index (χ1n) is 9.81. The minimum Gasteiger partial charge on any atom is -0.473 e. The van der Waals surface area contributed by atoms with E-state index < -0.39 is 0 Å². The van der Waals surface area contributed by atoms with E-state index in [1.165, 1.54) is 11.1 Å². The molecule has 2 amide bonds. The van der Waals surface area contributed by atoms with Crippen molar-refractivity contribution in [3.05, 3.63) is 64.7 Å². The average Bonchev–Trinajstić information content (AvgIpc) is 2.69. The van der Waals surface area contributed by atoms with E-state index in [2.05, 4.69) is 61.6 Å². The van der Waals surface area contributed by atoms with Crippen LogP contribution in [-0.2, 0) is 6.42 Å². The van der Waals surface area contributed by atoms with Crippen LogP contribution in [0.3, 0.4) is 0 Å². The van der Waals surface area contributed by atoms with Gasteiger partial charge in [0, 0.05) is 13.1 Å². The molecule has 1 aliphatic heterocycles. The van der Waals surface area contributed by atoms with Gasteiger partial charge in [-0.1, -0.05) is 42.5 Å². The summed E-state index contributed by atoms with van der Waals surface area (Å²) in [4.78, 5) is 14.3. The molecule has 0 aliphatic carbocycles. The van der Waals surface area contributed by atoms with E-state index in [1.807, 2.05) is 11.8 Å². The summed E-state index contributed by atoms with van der Waals surface area (Å²) in [6, 6.07) is 14.7. The van der Waals surface area contributed by atoms with Gasteiger partial charge in [-0.25, -0.2) is 4.79 Å². The topological polar surface area (TPSA) is 41.6 Å². The number of piperidine rings is 1. The normalized spacial score (nSPS) is 14.9. The Morgan fingerprint density at radius 2 is 1.70 bits per heavy atom. The standard InChI is InChI=1S/C23H30N2O2/c1-17-9-10-18(2)22(19(17)3)27-16-24-23(26)25-13-11-21(12-14-25)15-20-7-5-4-6-8-20/h4-10,21H,11-16H2,1-3H3,(H,24,26). The molecule has 3 rings (SSSR count). The highest BCUT2D eigenvalue weighted by Crippen LogP contribution is 2.25. The molecule has 4 nitrogen and oxygen atoms in total. The van der Waals surface area contributed by atoms with Crippen molar-refractivity contribution < 1.29 is 9.53 Å². The van der Waals surface area contributed by atoms with Crippen LogP contribution in [0.25, 0.3) is 0 Å². The molecule has 0 unspecified atom stereocenters. The molecule has 4 heteroatoms. The summed E-state index contributed by atoms with van der Waals surface area (Å²) < 4.78 is 5.85. The zero-order chi connectivity index (χ0) is 19.2. The molecule has 27 heavy (non-hydrogen) atoms. The van der Waals surface area contributed by atoms with Gasteiger partial charge in [-0.2, -0.15) is 0 Å². The average molecular weight is 367 g/mol. The Hall–Kier alpha value is -2.49. The number of carbonyl (C=O) groups excluding carboxylic acids is 1. The van der Waals surface area contributed by atoms with Gasteiger partial charge in [0.25, 0.3) is 0 Å². The first-order chi connectivity index (χ1) is 13.0. The van der Waals surface area contributed by atoms with E-state index in [9.17, 15) is 4.79 Å². The van der Waals surface area contributed by atoms with E-state index in [-0.39, 0.29) is 12.8 Å². The monoisotopic (exact) mass is 366 g/mol. The third-order valence-corrected chi connectivity index (χ3v) is 5.58. The Kier molecular flexibility index (Phi) is 6.38. The Labute approximate surface area is 162 Å². The number of likely N-dealkylation sites (tertiary alicyclic amines) is 1. The summed E-state index contributed by atoms with van der Waals surface area (Å²) in [5.74, 6) is 1.53. The van der Waals surface area contributed by atoms with Gasteiger partial charge in [0.1, 0.15) is 5.75 Å². The molecular weight excluding hydrogens is 336 g/mol. The zero-order valence-corrected chi connectivity index (χ0v) is 16.6. The molecule has 1 heterocycles. The van der Waals surface area contributed by atoms with Gasteiger partial charge >= 0.3 is 6.03 Å². The number of aryl methyl sites for hydroxylation is 2. The van der Waals surface area contributed by atoms with Crippen LogP contribution in [0.2, 0.25) is 0 Å². The molecule has 1 aliphatic rings. The maximum absolute atomic E-state index is 12.4. The van der Waals surface area contributed by atoms with Crippen LogP contribution in [0.15, 0.2) is 42.5 Å². The van der Waals surface area contributed by atoms with E-state index in [4.69, 9.17) is 4.74 Å². The van der Waals surface area contributed by atoms with Crippen molar-refractivity contribution in [3.8, 4) is 5.75 Å². The number of nitrogens with zero attached hydrogens (tertiary/aromatic N) is 1. The fraction of sp³-hybridized carbons (Fsp3) is 0.435. The number of amides is 2. The largest absolute Gasteiger partial charge is 0.473 e. The molecule has 1 N–H and O–H groups in total. The van der Waals surface area contributed by atoms with Crippen molar-refractivity contribution in [3.63, 3.8) is 0 Å². The second-order valence-electron chi connectivity index (χ2n) is 7.54. The van der Waals surface area contributed by atoms with Crippen LogP contribution in [0.1, 0.15) is 35.1 Å². The number of urea groups is 1. The maximum Gasteiger partial charge on any atom is 0.320 e. The summed E-state index contributed by atoms with van der Waals surface area (Å²) in [6.45, 7) is 7.98. The molecule has 0 aromatic heterocycles. The Bertz CT molecular complexity index is 765. The smallest absolute Gasteiger partial charge is 0.320 e. The highest BCUT2D eigenvalue weighted by molar-refractivity contribution is 5.74. The number of nitrogens with one attached hydrogen (secondary N) is 1. The maximum atomic E-state index is 12.4. The summed E-state index contributed by atoms with van der Waals surface area (Å²) >= 11 is 0. The Balaban J connectivity index is 1.43. The Morgan fingerprint density at radius 3 is 2.41 bits per heavy atom. The van der Waals surface area contributed by atoms with Crippen LogP contribution in [-0.4, -0.2) is 30.8 Å². The van der Waals surface area contributed by atoms with Crippen LogP contribution < -0.4 is 10.1 Å². The lowest BCUT2D eigenvalue weighted by atomic mass is 9.90. The van der Waals surface area contributed by atoms with Crippen molar-refractivity contribution in [2.75, 3.05) is 19.8 Å². The van der Waals surface area contributed by atoms with Crippen molar-refractivity contribution in [2.45, 2.75) is 40.0 Å². The van der Waals surface area contributed by atoms with Gasteiger partial charge in [0.2, 0.25) is 0 Å². The Morgan fingerprint density at radius 1 is 1.04 bits per heavy atom. The number of hydrogen-bond acceptors (Lipinski definition) is 2.